The third kappa shape index (κ3) is 2.62. The molecule has 0 fully saturated rings. The van der Waals surface area contributed by atoms with Gasteiger partial charge in [-0.2, -0.15) is 0 Å². The minimum Gasteiger partial charge on any atom is -0.364 e. The molecule has 3 aromatic heterocycles. The molecule has 0 radical (unpaired) electrons. The molecule has 8 heteroatoms. The molecule has 7 nitrogen and oxygen atoms in total. The topological polar surface area (TPSA) is 102 Å². The van der Waals surface area contributed by atoms with Crippen molar-refractivity contribution >= 4 is 28.7 Å². The first-order chi connectivity index (χ1) is 12.6. The van der Waals surface area contributed by atoms with Crippen LogP contribution in [0.2, 0.25) is 5.02 Å². The third-order valence-electron chi connectivity index (χ3n) is 4.25. The predicted molar refractivity (Wildman–Crippen MR) is 99.4 cm³/mol. The number of aromatic nitrogens is 5. The number of imidazole rings is 1. The fraction of sp³-hybridized carbons (Fsp3) is 0.111. The van der Waals surface area contributed by atoms with Crippen molar-refractivity contribution in [3.8, 4) is 16.9 Å². The lowest BCUT2D eigenvalue weighted by atomic mass is 10.1. The van der Waals surface area contributed by atoms with E-state index >= 15 is 0 Å². The number of nitrogens with one attached hydrogen (secondary N) is 1. The van der Waals surface area contributed by atoms with E-state index in [4.69, 9.17) is 17.3 Å². The SMILES string of the molecule is CCc1ccc(Cl)cc1-n1cc(-c2ncnc3[nH]cnc23)cc1C(N)=O. The monoisotopic (exact) mass is 366 g/mol. The third-order valence-corrected chi connectivity index (χ3v) is 4.49. The number of benzene rings is 1. The second-order valence-electron chi connectivity index (χ2n) is 5.80. The van der Waals surface area contributed by atoms with E-state index in [9.17, 15) is 4.79 Å². The van der Waals surface area contributed by atoms with E-state index in [-0.39, 0.29) is 0 Å². The van der Waals surface area contributed by atoms with Gasteiger partial charge in [0.25, 0.3) is 5.91 Å². The average Bonchev–Trinajstić information content (AvgIpc) is 3.28. The first kappa shape index (κ1) is 16.3. The van der Waals surface area contributed by atoms with Gasteiger partial charge in [0.05, 0.1) is 12.0 Å². The van der Waals surface area contributed by atoms with Crippen molar-refractivity contribution in [1.82, 2.24) is 24.5 Å². The molecule has 0 aliphatic heterocycles. The number of nitrogens with zero attached hydrogens (tertiary/aromatic N) is 4. The average molecular weight is 367 g/mol. The summed E-state index contributed by atoms with van der Waals surface area (Å²) in [6.07, 6.45) is 5.62. The minimum absolute atomic E-state index is 0.347. The number of nitrogens with two attached hydrogens (primary N) is 1. The molecule has 26 heavy (non-hydrogen) atoms. The van der Waals surface area contributed by atoms with Gasteiger partial charge < -0.3 is 15.3 Å². The van der Waals surface area contributed by atoms with Crippen molar-refractivity contribution < 1.29 is 4.79 Å². The molecule has 1 amide bonds. The quantitative estimate of drug-likeness (QED) is 0.579. The van der Waals surface area contributed by atoms with Crippen molar-refractivity contribution in [2.75, 3.05) is 0 Å². The Morgan fingerprint density at radius 2 is 2.12 bits per heavy atom. The van der Waals surface area contributed by atoms with E-state index in [0.29, 0.717) is 27.6 Å². The molecule has 0 atom stereocenters. The summed E-state index contributed by atoms with van der Waals surface area (Å²) in [5.41, 5.74) is 10.4. The van der Waals surface area contributed by atoms with Gasteiger partial charge in [0.15, 0.2) is 5.65 Å². The molecule has 0 aliphatic rings. The first-order valence-corrected chi connectivity index (χ1v) is 8.41. The second kappa shape index (κ2) is 6.27. The predicted octanol–water partition coefficient (Wildman–Crippen LogP) is 3.13. The Morgan fingerprint density at radius 3 is 2.88 bits per heavy atom. The van der Waals surface area contributed by atoms with Crippen LogP contribution in [0, 0.1) is 0 Å². The summed E-state index contributed by atoms with van der Waals surface area (Å²) >= 11 is 6.18. The van der Waals surface area contributed by atoms with Crippen molar-refractivity contribution in [3.63, 3.8) is 0 Å². The number of aromatic amines is 1. The summed E-state index contributed by atoms with van der Waals surface area (Å²) < 4.78 is 1.75. The van der Waals surface area contributed by atoms with Gasteiger partial charge in [-0.15, -0.1) is 0 Å². The van der Waals surface area contributed by atoms with Crippen LogP contribution >= 0.6 is 11.6 Å². The van der Waals surface area contributed by atoms with Crippen LogP contribution in [0.4, 0.5) is 0 Å². The van der Waals surface area contributed by atoms with Gasteiger partial charge in [0.1, 0.15) is 23.2 Å². The van der Waals surface area contributed by atoms with Crippen LogP contribution in [-0.4, -0.2) is 30.4 Å². The van der Waals surface area contributed by atoms with Gasteiger partial charge in [-0.05, 0) is 30.2 Å². The molecule has 4 rings (SSSR count). The van der Waals surface area contributed by atoms with Gasteiger partial charge >= 0.3 is 0 Å². The maximum Gasteiger partial charge on any atom is 0.265 e. The molecular formula is C18H15ClN6O. The van der Waals surface area contributed by atoms with Gasteiger partial charge in [0.2, 0.25) is 0 Å². The molecule has 3 N–H and O–H groups in total. The fourth-order valence-electron chi connectivity index (χ4n) is 3.02. The standard InChI is InChI=1S/C18H15ClN6O/c1-2-10-3-4-12(19)6-13(10)25-7-11(5-14(25)17(20)26)15-16-18(23-8-21-15)24-9-22-16/h3-9H,2H2,1H3,(H2,20,26)(H,21,22,23,24). The van der Waals surface area contributed by atoms with E-state index in [1.807, 2.05) is 31.3 Å². The number of hydrogen-bond acceptors (Lipinski definition) is 4. The number of halogens is 1. The first-order valence-electron chi connectivity index (χ1n) is 8.04. The summed E-state index contributed by atoms with van der Waals surface area (Å²) in [4.78, 5) is 27.8. The Kier molecular flexibility index (Phi) is 3.93. The van der Waals surface area contributed by atoms with E-state index in [0.717, 1.165) is 23.2 Å². The lowest BCUT2D eigenvalue weighted by Gasteiger charge is -2.12. The maximum atomic E-state index is 12.1. The van der Waals surface area contributed by atoms with Crippen LogP contribution < -0.4 is 5.73 Å². The Hall–Kier alpha value is -3.19. The number of fused-ring (bicyclic) bond motifs is 1. The summed E-state index contributed by atoms with van der Waals surface area (Å²) in [6.45, 7) is 2.04. The largest absolute Gasteiger partial charge is 0.364 e. The van der Waals surface area contributed by atoms with Gasteiger partial charge in [-0.3, -0.25) is 4.79 Å². The molecule has 0 aliphatic carbocycles. The molecule has 130 valence electrons. The van der Waals surface area contributed by atoms with Crippen LogP contribution in [0.15, 0.2) is 43.1 Å². The van der Waals surface area contributed by atoms with Gasteiger partial charge in [-0.25, -0.2) is 15.0 Å². The highest BCUT2D eigenvalue weighted by Crippen LogP contribution is 2.29. The molecule has 0 saturated carbocycles. The van der Waals surface area contributed by atoms with Crippen LogP contribution in [0.3, 0.4) is 0 Å². The summed E-state index contributed by atoms with van der Waals surface area (Å²) in [5.74, 6) is -0.536. The Balaban J connectivity index is 1.97. The van der Waals surface area contributed by atoms with Crippen molar-refractivity contribution in [3.05, 3.63) is 59.4 Å². The van der Waals surface area contributed by atoms with E-state index in [1.165, 1.54) is 6.33 Å². The molecular weight excluding hydrogens is 352 g/mol. The number of H-pyrrole nitrogens is 1. The zero-order valence-electron chi connectivity index (χ0n) is 13.9. The number of primary amides is 1. The van der Waals surface area contributed by atoms with E-state index in [1.54, 1.807) is 17.0 Å². The van der Waals surface area contributed by atoms with E-state index in [2.05, 4.69) is 19.9 Å². The highest BCUT2D eigenvalue weighted by molar-refractivity contribution is 6.30. The number of carbonyl (C=O) groups excluding carboxylic acids is 1. The lowest BCUT2D eigenvalue weighted by Crippen LogP contribution is -2.16. The van der Waals surface area contributed by atoms with E-state index < -0.39 is 5.91 Å². The number of aryl methyl sites for hydroxylation is 1. The van der Waals surface area contributed by atoms with Crippen molar-refractivity contribution in [2.45, 2.75) is 13.3 Å². The highest BCUT2D eigenvalue weighted by atomic mass is 35.5. The number of amides is 1. The maximum absolute atomic E-state index is 12.1. The van der Waals surface area contributed by atoms with Gasteiger partial charge in [0, 0.05) is 16.8 Å². The molecule has 4 aromatic rings. The molecule has 0 unspecified atom stereocenters. The Bertz CT molecular complexity index is 1130. The Morgan fingerprint density at radius 1 is 1.27 bits per heavy atom. The summed E-state index contributed by atoms with van der Waals surface area (Å²) in [5, 5.41) is 0.583. The number of rotatable bonds is 4. The highest BCUT2D eigenvalue weighted by Gasteiger charge is 2.18. The second-order valence-corrected chi connectivity index (χ2v) is 6.23. The number of carbonyl (C=O) groups is 1. The number of hydrogen-bond donors (Lipinski definition) is 2. The van der Waals surface area contributed by atoms with Crippen LogP contribution in [-0.2, 0) is 6.42 Å². The van der Waals surface area contributed by atoms with Crippen molar-refractivity contribution in [2.24, 2.45) is 5.73 Å². The Labute approximate surface area is 153 Å². The molecule has 3 heterocycles. The molecule has 0 bridgehead atoms. The minimum atomic E-state index is -0.536. The van der Waals surface area contributed by atoms with Crippen LogP contribution in [0.1, 0.15) is 23.0 Å². The molecule has 1 aromatic carbocycles. The normalized spacial score (nSPS) is 11.2. The van der Waals surface area contributed by atoms with Crippen LogP contribution in [0.25, 0.3) is 28.1 Å². The summed E-state index contributed by atoms with van der Waals surface area (Å²) in [6, 6.07) is 7.30. The smallest absolute Gasteiger partial charge is 0.265 e. The zero-order chi connectivity index (χ0) is 18.3. The zero-order valence-corrected chi connectivity index (χ0v) is 14.7. The lowest BCUT2D eigenvalue weighted by molar-refractivity contribution is 0.0994. The van der Waals surface area contributed by atoms with Crippen LogP contribution in [0.5, 0.6) is 0 Å². The van der Waals surface area contributed by atoms with Gasteiger partial charge in [-0.1, -0.05) is 24.6 Å². The van der Waals surface area contributed by atoms with Crippen molar-refractivity contribution in [1.29, 1.82) is 0 Å². The molecule has 0 saturated heterocycles. The fourth-order valence-corrected chi connectivity index (χ4v) is 3.18. The molecule has 0 spiro atoms. The summed E-state index contributed by atoms with van der Waals surface area (Å²) in [7, 11) is 0.